The van der Waals surface area contributed by atoms with Crippen molar-refractivity contribution in [2.45, 2.75) is 32.2 Å². The van der Waals surface area contributed by atoms with Gasteiger partial charge in [0.15, 0.2) is 5.96 Å². The van der Waals surface area contributed by atoms with Crippen LogP contribution in [-0.4, -0.2) is 31.0 Å². The second kappa shape index (κ2) is 6.15. The number of piperidine rings is 1. The molecule has 0 aromatic carbocycles. The summed E-state index contributed by atoms with van der Waals surface area (Å²) in [7, 11) is 0. The molecule has 1 fully saturated rings. The number of carbonyl (C=O) groups excluding carboxylic acids is 1. The molecular formula is C11H20N4O. The number of aliphatic imine (C=N–C) groups is 1. The van der Waals surface area contributed by atoms with Gasteiger partial charge < -0.3 is 16.4 Å². The molecule has 1 aliphatic rings. The number of guanidine groups is 1. The van der Waals surface area contributed by atoms with Crippen molar-refractivity contribution in [1.29, 1.82) is 0 Å². The van der Waals surface area contributed by atoms with Gasteiger partial charge in [0.25, 0.3) is 0 Å². The van der Waals surface area contributed by atoms with Crippen molar-refractivity contribution < 1.29 is 4.79 Å². The molecule has 1 amide bonds. The van der Waals surface area contributed by atoms with E-state index in [2.05, 4.69) is 22.2 Å². The molecule has 0 radical (unpaired) electrons. The molecule has 16 heavy (non-hydrogen) atoms. The van der Waals surface area contributed by atoms with Crippen LogP contribution in [0.15, 0.2) is 17.1 Å². The van der Waals surface area contributed by atoms with Crippen LogP contribution in [0.2, 0.25) is 0 Å². The first-order valence-corrected chi connectivity index (χ1v) is 5.55. The van der Waals surface area contributed by atoms with E-state index in [0.717, 1.165) is 18.4 Å². The molecule has 4 N–H and O–H groups in total. The fourth-order valence-corrected chi connectivity index (χ4v) is 1.54. The fourth-order valence-electron chi connectivity index (χ4n) is 1.54. The summed E-state index contributed by atoms with van der Waals surface area (Å²) in [5.41, 5.74) is 6.63. The Morgan fingerprint density at radius 3 is 3.12 bits per heavy atom. The van der Waals surface area contributed by atoms with Crippen LogP contribution < -0.4 is 16.4 Å². The van der Waals surface area contributed by atoms with Crippen LogP contribution in [0.25, 0.3) is 0 Å². The highest BCUT2D eigenvalue weighted by atomic mass is 16.1. The van der Waals surface area contributed by atoms with Gasteiger partial charge in [0.05, 0.1) is 6.54 Å². The number of amides is 1. The third kappa shape index (κ3) is 4.82. The van der Waals surface area contributed by atoms with E-state index >= 15 is 0 Å². The van der Waals surface area contributed by atoms with Crippen LogP contribution in [0.4, 0.5) is 0 Å². The summed E-state index contributed by atoms with van der Waals surface area (Å²) in [4.78, 5) is 15.2. The average molecular weight is 224 g/mol. The van der Waals surface area contributed by atoms with E-state index in [1.165, 1.54) is 0 Å². The van der Waals surface area contributed by atoms with Crippen molar-refractivity contribution in [1.82, 2.24) is 10.6 Å². The standard InChI is InChI=1S/C11H20N4O/c1-8(2)6-13-11(12)14-7-9-4-3-5-10(16)15-9/h9H,1,3-7H2,2H3,(H,15,16)(H3,12,13,14). The van der Waals surface area contributed by atoms with Crippen molar-refractivity contribution in [2.75, 3.05) is 13.1 Å². The molecule has 0 saturated carbocycles. The lowest BCUT2D eigenvalue weighted by Crippen LogP contribution is -2.47. The van der Waals surface area contributed by atoms with Gasteiger partial charge in [0.1, 0.15) is 0 Å². The van der Waals surface area contributed by atoms with Gasteiger partial charge in [-0.3, -0.25) is 4.79 Å². The van der Waals surface area contributed by atoms with E-state index in [-0.39, 0.29) is 11.9 Å². The molecule has 0 aromatic heterocycles. The first-order valence-electron chi connectivity index (χ1n) is 5.55. The Balaban J connectivity index is 2.25. The Bertz CT molecular complexity index is 298. The maximum Gasteiger partial charge on any atom is 0.220 e. The zero-order chi connectivity index (χ0) is 12.0. The predicted molar refractivity (Wildman–Crippen MR) is 65.1 cm³/mol. The number of nitrogens with zero attached hydrogens (tertiary/aromatic N) is 1. The highest BCUT2D eigenvalue weighted by molar-refractivity contribution is 5.79. The second-order valence-electron chi connectivity index (χ2n) is 4.20. The van der Waals surface area contributed by atoms with Gasteiger partial charge in [-0.1, -0.05) is 12.2 Å². The summed E-state index contributed by atoms with van der Waals surface area (Å²) in [6, 6.07) is 0.167. The molecule has 1 rings (SSSR count). The van der Waals surface area contributed by atoms with Gasteiger partial charge in [0, 0.05) is 19.0 Å². The Hall–Kier alpha value is -1.52. The molecule has 5 nitrogen and oxygen atoms in total. The molecular weight excluding hydrogens is 204 g/mol. The summed E-state index contributed by atoms with van der Waals surface area (Å²) in [5, 5.41) is 5.91. The normalized spacial score (nSPS) is 21.4. The first kappa shape index (κ1) is 12.5. The Morgan fingerprint density at radius 1 is 1.75 bits per heavy atom. The van der Waals surface area contributed by atoms with E-state index in [1.54, 1.807) is 0 Å². The zero-order valence-electron chi connectivity index (χ0n) is 9.75. The molecule has 5 heteroatoms. The van der Waals surface area contributed by atoms with Crippen LogP contribution >= 0.6 is 0 Å². The maximum atomic E-state index is 11.1. The van der Waals surface area contributed by atoms with Gasteiger partial charge in [0.2, 0.25) is 5.91 Å². The fraction of sp³-hybridized carbons (Fsp3) is 0.636. The van der Waals surface area contributed by atoms with Crippen molar-refractivity contribution >= 4 is 11.9 Å². The molecule has 1 atom stereocenters. The number of hydrogen-bond acceptors (Lipinski definition) is 2. The molecule has 1 heterocycles. The van der Waals surface area contributed by atoms with Crippen molar-refractivity contribution in [3.05, 3.63) is 12.2 Å². The summed E-state index contributed by atoms with van der Waals surface area (Å²) in [6.45, 7) is 6.81. The molecule has 1 saturated heterocycles. The molecule has 1 aliphatic heterocycles. The zero-order valence-corrected chi connectivity index (χ0v) is 9.75. The number of hydrogen-bond donors (Lipinski definition) is 3. The van der Waals surface area contributed by atoms with Crippen LogP contribution in [-0.2, 0) is 4.79 Å². The van der Waals surface area contributed by atoms with Crippen LogP contribution in [0.5, 0.6) is 0 Å². The van der Waals surface area contributed by atoms with E-state index in [4.69, 9.17) is 5.73 Å². The predicted octanol–water partition coefficient (Wildman–Crippen LogP) is 0.136. The lowest BCUT2D eigenvalue weighted by atomic mass is 10.0. The first-order chi connectivity index (χ1) is 7.58. The van der Waals surface area contributed by atoms with Gasteiger partial charge >= 0.3 is 0 Å². The smallest absolute Gasteiger partial charge is 0.220 e. The highest BCUT2D eigenvalue weighted by Gasteiger charge is 2.17. The van der Waals surface area contributed by atoms with Crippen LogP contribution in [0, 0.1) is 0 Å². The van der Waals surface area contributed by atoms with Crippen molar-refractivity contribution in [3.8, 4) is 0 Å². The summed E-state index contributed by atoms with van der Waals surface area (Å²) in [5.74, 6) is 0.526. The maximum absolute atomic E-state index is 11.1. The van der Waals surface area contributed by atoms with Gasteiger partial charge in [-0.25, -0.2) is 4.99 Å². The molecule has 0 aliphatic carbocycles. The Labute approximate surface area is 96.2 Å². The van der Waals surface area contributed by atoms with E-state index in [9.17, 15) is 4.79 Å². The third-order valence-corrected chi connectivity index (χ3v) is 2.37. The average Bonchev–Trinajstić information content (AvgIpc) is 2.23. The van der Waals surface area contributed by atoms with Crippen molar-refractivity contribution in [2.24, 2.45) is 10.7 Å². The van der Waals surface area contributed by atoms with Gasteiger partial charge in [-0.2, -0.15) is 0 Å². The summed E-state index contributed by atoms with van der Waals surface area (Å²) >= 11 is 0. The minimum Gasteiger partial charge on any atom is -0.370 e. The molecule has 1 unspecified atom stereocenters. The topological polar surface area (TPSA) is 79.5 Å². The highest BCUT2D eigenvalue weighted by Crippen LogP contribution is 2.06. The van der Waals surface area contributed by atoms with E-state index in [0.29, 0.717) is 25.5 Å². The largest absolute Gasteiger partial charge is 0.370 e. The molecule has 0 aromatic rings. The molecule has 0 spiro atoms. The van der Waals surface area contributed by atoms with Gasteiger partial charge in [-0.15, -0.1) is 0 Å². The monoisotopic (exact) mass is 224 g/mol. The second-order valence-corrected chi connectivity index (χ2v) is 4.20. The Morgan fingerprint density at radius 2 is 2.50 bits per heavy atom. The SMILES string of the molecule is C=C(C)CN=C(N)NCC1CCCC(=O)N1. The number of nitrogens with two attached hydrogens (primary N) is 1. The van der Waals surface area contributed by atoms with Gasteiger partial charge in [-0.05, 0) is 19.8 Å². The lowest BCUT2D eigenvalue weighted by molar-refractivity contribution is -0.123. The molecule has 0 bridgehead atoms. The number of carbonyl (C=O) groups is 1. The van der Waals surface area contributed by atoms with E-state index in [1.807, 2.05) is 6.92 Å². The van der Waals surface area contributed by atoms with E-state index < -0.39 is 0 Å². The molecule has 90 valence electrons. The van der Waals surface area contributed by atoms with Crippen LogP contribution in [0.1, 0.15) is 26.2 Å². The minimum absolute atomic E-state index is 0.121. The lowest BCUT2D eigenvalue weighted by Gasteiger charge is -2.23. The summed E-state index contributed by atoms with van der Waals surface area (Å²) < 4.78 is 0. The third-order valence-electron chi connectivity index (χ3n) is 2.37. The quantitative estimate of drug-likeness (QED) is 0.361. The summed E-state index contributed by atoms with van der Waals surface area (Å²) in [6.07, 6.45) is 2.57. The van der Waals surface area contributed by atoms with Crippen molar-refractivity contribution in [3.63, 3.8) is 0 Å². The minimum atomic E-state index is 0.121. The Kier molecular flexibility index (Phi) is 4.82. The number of rotatable bonds is 4. The number of nitrogens with one attached hydrogen (secondary N) is 2. The van der Waals surface area contributed by atoms with Crippen LogP contribution in [0.3, 0.4) is 0 Å².